The number of halogens is 2. The summed E-state index contributed by atoms with van der Waals surface area (Å²) in [4.78, 5) is 13.0. The minimum absolute atomic E-state index is 0.0916. The molecule has 1 atom stereocenters. The maximum atomic E-state index is 12.0. The molecule has 1 aromatic heterocycles. The number of carbonyl (C=O) groups is 1. The average Bonchev–Trinajstić information content (AvgIpc) is 3.13. The van der Waals surface area contributed by atoms with E-state index in [1.807, 2.05) is 23.6 Å². The number of rotatable bonds is 4. The lowest BCUT2D eigenvalue weighted by molar-refractivity contribution is -0.118. The Labute approximate surface area is 151 Å². The fourth-order valence-corrected chi connectivity index (χ4v) is 3.99. The van der Waals surface area contributed by atoms with Crippen molar-refractivity contribution in [1.29, 1.82) is 0 Å². The van der Waals surface area contributed by atoms with Gasteiger partial charge in [-0.1, -0.05) is 47.1 Å². The maximum Gasteiger partial charge on any atom is 0.239 e. The van der Waals surface area contributed by atoms with Crippen molar-refractivity contribution in [3.8, 4) is 0 Å². The SMILES string of the molecule is O=C1N/C(=N/N=C\c2cccs2)SC1Cc1ccc(Cl)cc1Cl. The standard InChI is InChI=1S/C15H11Cl2N3OS2/c16-10-4-3-9(12(17)7-10)6-13-14(21)19-15(23-13)20-18-8-11-2-1-5-22-11/h1-5,7-8,13H,6H2,(H,19,20,21)/b18-8-. The fourth-order valence-electron chi connectivity index (χ4n) is 1.98. The van der Waals surface area contributed by atoms with Gasteiger partial charge in [0, 0.05) is 14.9 Å². The van der Waals surface area contributed by atoms with E-state index in [1.54, 1.807) is 29.7 Å². The minimum Gasteiger partial charge on any atom is -0.303 e. The Morgan fingerprint density at radius 1 is 1.30 bits per heavy atom. The van der Waals surface area contributed by atoms with Gasteiger partial charge in [0.1, 0.15) is 0 Å². The highest BCUT2D eigenvalue weighted by molar-refractivity contribution is 8.15. The van der Waals surface area contributed by atoms with Crippen LogP contribution in [0.2, 0.25) is 10.0 Å². The molecule has 118 valence electrons. The van der Waals surface area contributed by atoms with E-state index in [1.165, 1.54) is 11.8 Å². The number of thiophene rings is 1. The van der Waals surface area contributed by atoms with Gasteiger partial charge in [-0.25, -0.2) is 0 Å². The number of hydrogen-bond donors (Lipinski definition) is 1. The van der Waals surface area contributed by atoms with Crippen LogP contribution in [0.4, 0.5) is 0 Å². The van der Waals surface area contributed by atoms with Gasteiger partial charge in [0.25, 0.3) is 0 Å². The lowest BCUT2D eigenvalue weighted by atomic mass is 10.1. The lowest BCUT2D eigenvalue weighted by Crippen LogP contribution is -2.26. The molecule has 1 N–H and O–H groups in total. The van der Waals surface area contributed by atoms with E-state index in [9.17, 15) is 4.79 Å². The Bertz CT molecular complexity index is 775. The van der Waals surface area contributed by atoms with E-state index in [0.717, 1.165) is 10.4 Å². The summed E-state index contributed by atoms with van der Waals surface area (Å²) in [5, 5.41) is 14.1. The first kappa shape index (κ1) is 16.5. The molecule has 4 nitrogen and oxygen atoms in total. The summed E-state index contributed by atoms with van der Waals surface area (Å²) in [6.45, 7) is 0. The molecular formula is C15H11Cl2N3OS2. The van der Waals surface area contributed by atoms with Crippen molar-refractivity contribution in [2.75, 3.05) is 0 Å². The smallest absolute Gasteiger partial charge is 0.239 e. The number of thioether (sulfide) groups is 1. The molecule has 23 heavy (non-hydrogen) atoms. The zero-order valence-electron chi connectivity index (χ0n) is 11.7. The molecule has 3 rings (SSSR count). The van der Waals surface area contributed by atoms with Crippen molar-refractivity contribution in [2.24, 2.45) is 10.2 Å². The minimum atomic E-state index is -0.274. The van der Waals surface area contributed by atoms with Crippen LogP contribution >= 0.6 is 46.3 Å². The molecular weight excluding hydrogens is 373 g/mol. The van der Waals surface area contributed by atoms with Crippen molar-refractivity contribution in [3.63, 3.8) is 0 Å². The second-order valence-corrected chi connectivity index (χ2v) is 7.72. The summed E-state index contributed by atoms with van der Waals surface area (Å²) >= 11 is 15.0. The highest BCUT2D eigenvalue weighted by Gasteiger charge is 2.30. The van der Waals surface area contributed by atoms with Gasteiger partial charge >= 0.3 is 0 Å². The predicted octanol–water partition coefficient (Wildman–Crippen LogP) is 4.22. The number of nitrogens with one attached hydrogen (secondary N) is 1. The summed E-state index contributed by atoms with van der Waals surface area (Å²) in [5.41, 5.74) is 0.882. The molecule has 0 radical (unpaired) electrons. The molecule has 1 aliphatic heterocycles. The molecule has 0 aliphatic carbocycles. The summed E-state index contributed by atoms with van der Waals surface area (Å²) in [6.07, 6.45) is 2.17. The highest BCUT2D eigenvalue weighted by Crippen LogP contribution is 2.28. The molecule has 2 heterocycles. The lowest BCUT2D eigenvalue weighted by Gasteiger charge is -2.07. The van der Waals surface area contributed by atoms with Gasteiger partial charge < -0.3 is 5.32 Å². The van der Waals surface area contributed by atoms with Crippen LogP contribution in [0, 0.1) is 0 Å². The van der Waals surface area contributed by atoms with Gasteiger partial charge in [-0.05, 0) is 35.6 Å². The Hall–Kier alpha value is -1.34. The molecule has 8 heteroatoms. The monoisotopic (exact) mass is 383 g/mol. The number of nitrogens with zero attached hydrogens (tertiary/aromatic N) is 2. The third-order valence-corrected chi connectivity index (χ3v) is 5.54. The molecule has 1 aromatic carbocycles. The largest absolute Gasteiger partial charge is 0.303 e. The van der Waals surface area contributed by atoms with E-state index in [0.29, 0.717) is 21.6 Å². The van der Waals surface area contributed by atoms with Crippen LogP contribution in [0.3, 0.4) is 0 Å². The summed E-state index contributed by atoms with van der Waals surface area (Å²) in [5.74, 6) is -0.0916. The zero-order valence-corrected chi connectivity index (χ0v) is 14.8. The zero-order chi connectivity index (χ0) is 16.2. The normalized spacial score (nSPS) is 19.7. The average molecular weight is 384 g/mol. The predicted molar refractivity (Wildman–Crippen MR) is 99.0 cm³/mol. The molecule has 1 fully saturated rings. The van der Waals surface area contributed by atoms with Gasteiger partial charge in [0.2, 0.25) is 5.91 Å². The first-order chi connectivity index (χ1) is 11.1. The van der Waals surface area contributed by atoms with Crippen LogP contribution < -0.4 is 5.32 Å². The number of benzene rings is 1. The maximum absolute atomic E-state index is 12.0. The number of hydrogen-bond acceptors (Lipinski definition) is 5. The third-order valence-electron chi connectivity index (χ3n) is 3.07. The highest BCUT2D eigenvalue weighted by atomic mass is 35.5. The number of amidine groups is 1. The van der Waals surface area contributed by atoms with Crippen LogP contribution in [-0.2, 0) is 11.2 Å². The molecule has 0 bridgehead atoms. The number of carbonyl (C=O) groups excluding carboxylic acids is 1. The second-order valence-electron chi connectivity index (χ2n) is 4.70. The van der Waals surface area contributed by atoms with Crippen molar-refractivity contribution >= 4 is 63.6 Å². The van der Waals surface area contributed by atoms with Gasteiger partial charge in [0.15, 0.2) is 5.17 Å². The molecule has 1 unspecified atom stereocenters. The molecule has 2 aromatic rings. The molecule has 0 saturated carbocycles. The van der Waals surface area contributed by atoms with Gasteiger partial charge in [0.05, 0.1) is 11.5 Å². The Morgan fingerprint density at radius 3 is 2.91 bits per heavy atom. The summed E-state index contributed by atoms with van der Waals surface area (Å²) < 4.78 is 0. The quantitative estimate of drug-likeness (QED) is 0.634. The molecule has 1 saturated heterocycles. The Morgan fingerprint density at radius 2 is 2.17 bits per heavy atom. The topological polar surface area (TPSA) is 53.8 Å². The first-order valence-electron chi connectivity index (χ1n) is 6.68. The first-order valence-corrected chi connectivity index (χ1v) is 9.19. The van der Waals surface area contributed by atoms with E-state index < -0.39 is 0 Å². The van der Waals surface area contributed by atoms with Crippen molar-refractivity contribution in [1.82, 2.24) is 5.32 Å². The van der Waals surface area contributed by atoms with E-state index in [-0.39, 0.29) is 11.2 Å². The van der Waals surface area contributed by atoms with E-state index in [2.05, 4.69) is 15.5 Å². The Kier molecular flexibility index (Phi) is 5.38. The van der Waals surface area contributed by atoms with Crippen LogP contribution in [-0.4, -0.2) is 22.5 Å². The van der Waals surface area contributed by atoms with Crippen molar-refractivity contribution < 1.29 is 4.79 Å². The van der Waals surface area contributed by atoms with Crippen molar-refractivity contribution in [3.05, 3.63) is 56.2 Å². The van der Waals surface area contributed by atoms with Crippen LogP contribution in [0.5, 0.6) is 0 Å². The fraction of sp³-hybridized carbons (Fsp3) is 0.133. The van der Waals surface area contributed by atoms with Crippen LogP contribution in [0.1, 0.15) is 10.4 Å². The molecule has 1 aliphatic rings. The van der Waals surface area contributed by atoms with Gasteiger partial charge in [-0.15, -0.1) is 16.4 Å². The van der Waals surface area contributed by atoms with Crippen LogP contribution in [0.25, 0.3) is 0 Å². The van der Waals surface area contributed by atoms with Gasteiger partial charge in [-0.2, -0.15) is 5.10 Å². The number of amides is 1. The van der Waals surface area contributed by atoms with E-state index >= 15 is 0 Å². The summed E-state index contributed by atoms with van der Waals surface area (Å²) in [6, 6.07) is 9.16. The van der Waals surface area contributed by atoms with Crippen LogP contribution in [0.15, 0.2) is 45.9 Å². The summed E-state index contributed by atoms with van der Waals surface area (Å²) in [7, 11) is 0. The third kappa shape index (κ3) is 4.35. The Balaban J connectivity index is 1.65. The second kappa shape index (κ2) is 7.49. The van der Waals surface area contributed by atoms with E-state index in [4.69, 9.17) is 23.2 Å². The molecule has 1 amide bonds. The van der Waals surface area contributed by atoms with Crippen molar-refractivity contribution in [2.45, 2.75) is 11.7 Å². The van der Waals surface area contributed by atoms with Gasteiger partial charge in [-0.3, -0.25) is 4.79 Å². The molecule has 0 spiro atoms.